The van der Waals surface area contributed by atoms with Crippen molar-refractivity contribution in [1.82, 2.24) is 20.3 Å². The van der Waals surface area contributed by atoms with Crippen molar-refractivity contribution < 1.29 is 24.2 Å². The van der Waals surface area contributed by atoms with E-state index in [4.69, 9.17) is 21.1 Å². The number of aromatic nitrogens is 3. The highest BCUT2D eigenvalue weighted by Crippen LogP contribution is 2.41. The molecule has 0 bridgehead atoms. The topological polar surface area (TPSA) is 130 Å². The van der Waals surface area contributed by atoms with Crippen molar-refractivity contribution in [2.45, 2.75) is 88.5 Å². The number of nitrogens with zero attached hydrogens (tertiary/aromatic N) is 5. The molecular formula is C30H43ClN6O5S. The highest BCUT2D eigenvalue weighted by atomic mass is 35.5. The van der Waals surface area contributed by atoms with E-state index in [1.807, 2.05) is 51.3 Å². The Morgan fingerprint density at radius 2 is 1.79 bits per heavy atom. The molecule has 2 aliphatic heterocycles. The van der Waals surface area contributed by atoms with E-state index in [2.05, 4.69) is 27.2 Å². The SMILES string of the molecule is COC(=O)c1nc(Sc2ccnc(N3CC(C(C)(C)O)C3)c2Cl)cnc1N1CCC(C)(C(C)NC(=O)OC(C)(C)C)CC1. The van der Waals surface area contributed by atoms with Gasteiger partial charge in [0.05, 0.1) is 23.9 Å². The van der Waals surface area contributed by atoms with E-state index in [1.54, 1.807) is 18.5 Å². The minimum Gasteiger partial charge on any atom is -0.464 e. The van der Waals surface area contributed by atoms with Gasteiger partial charge >= 0.3 is 12.1 Å². The second kappa shape index (κ2) is 12.6. The molecule has 1 unspecified atom stereocenters. The maximum absolute atomic E-state index is 12.8. The molecular weight excluding hydrogens is 592 g/mol. The van der Waals surface area contributed by atoms with Crippen molar-refractivity contribution in [3.63, 3.8) is 0 Å². The van der Waals surface area contributed by atoms with E-state index in [0.717, 1.165) is 17.7 Å². The number of aliphatic hydroxyl groups is 1. The number of nitrogens with one attached hydrogen (secondary N) is 1. The number of pyridine rings is 1. The summed E-state index contributed by atoms with van der Waals surface area (Å²) in [6.45, 7) is 15.9. The lowest BCUT2D eigenvalue weighted by Gasteiger charge is -2.46. The third-order valence-electron chi connectivity index (χ3n) is 8.32. The van der Waals surface area contributed by atoms with E-state index >= 15 is 0 Å². The standard InChI is InChI=1S/C30H43ClN6O5S/c1-18(34-27(39)42-28(2,3)4)30(7)10-13-36(14-11-30)25-23(26(38)41-8)35-21(15-33-25)43-20-9-12-32-24(22(20)31)37-16-19(17-37)29(5,6)40/h9,12,15,18-19,40H,10-11,13-14,16-17H2,1-8H3,(H,34,39). The number of amides is 1. The van der Waals surface area contributed by atoms with Crippen LogP contribution in [-0.4, -0.2) is 82.7 Å². The predicted octanol–water partition coefficient (Wildman–Crippen LogP) is 5.19. The van der Waals surface area contributed by atoms with Gasteiger partial charge < -0.3 is 29.7 Å². The smallest absolute Gasteiger partial charge is 0.407 e. The summed E-state index contributed by atoms with van der Waals surface area (Å²) in [4.78, 5) is 43.8. The van der Waals surface area contributed by atoms with Crippen LogP contribution in [0.25, 0.3) is 0 Å². The number of esters is 1. The first-order valence-corrected chi connectivity index (χ1v) is 15.7. The first-order valence-electron chi connectivity index (χ1n) is 14.5. The Labute approximate surface area is 263 Å². The zero-order valence-electron chi connectivity index (χ0n) is 26.2. The molecule has 4 heterocycles. The number of anilines is 2. The Hall–Kier alpha value is -2.83. The van der Waals surface area contributed by atoms with Crippen LogP contribution in [0, 0.1) is 11.3 Å². The fourth-order valence-electron chi connectivity index (χ4n) is 5.13. The van der Waals surface area contributed by atoms with Gasteiger partial charge in [0.15, 0.2) is 11.5 Å². The summed E-state index contributed by atoms with van der Waals surface area (Å²) in [5.74, 6) is 0.681. The normalized spacial score (nSPS) is 18.1. The van der Waals surface area contributed by atoms with Crippen molar-refractivity contribution in [2.75, 3.05) is 43.1 Å². The summed E-state index contributed by atoms with van der Waals surface area (Å²) >= 11 is 8.05. The number of halogens is 1. The molecule has 0 saturated carbocycles. The van der Waals surface area contributed by atoms with Crippen molar-refractivity contribution in [2.24, 2.45) is 11.3 Å². The second-order valence-electron chi connectivity index (χ2n) is 13.2. The van der Waals surface area contributed by atoms with Gasteiger partial charge in [-0.3, -0.25) is 0 Å². The van der Waals surface area contributed by atoms with E-state index in [9.17, 15) is 14.7 Å². The largest absolute Gasteiger partial charge is 0.464 e. The summed E-state index contributed by atoms with van der Waals surface area (Å²) in [5.41, 5.74) is -1.36. The van der Waals surface area contributed by atoms with Crippen LogP contribution in [0.2, 0.25) is 5.02 Å². The third kappa shape index (κ3) is 7.82. The Kier molecular flexibility index (Phi) is 9.73. The van der Waals surface area contributed by atoms with Crippen LogP contribution in [0.1, 0.15) is 71.8 Å². The van der Waals surface area contributed by atoms with Gasteiger partial charge in [-0.15, -0.1) is 0 Å². The molecule has 0 radical (unpaired) electrons. The molecule has 2 fully saturated rings. The number of piperidine rings is 1. The fraction of sp³-hybridized carbons (Fsp3) is 0.633. The van der Waals surface area contributed by atoms with Crippen molar-refractivity contribution in [1.29, 1.82) is 0 Å². The molecule has 11 nitrogen and oxygen atoms in total. The van der Waals surface area contributed by atoms with Gasteiger partial charge in [-0.25, -0.2) is 24.5 Å². The van der Waals surface area contributed by atoms with Crippen LogP contribution in [-0.2, 0) is 9.47 Å². The summed E-state index contributed by atoms with van der Waals surface area (Å²) in [7, 11) is 1.32. The van der Waals surface area contributed by atoms with Gasteiger partial charge in [0.1, 0.15) is 16.4 Å². The lowest BCUT2D eigenvalue weighted by atomic mass is 9.74. The number of alkyl carbamates (subject to hydrolysis) is 1. The maximum atomic E-state index is 12.8. The van der Waals surface area contributed by atoms with Crippen LogP contribution in [0.3, 0.4) is 0 Å². The quantitative estimate of drug-likeness (QED) is 0.372. The number of hydrogen-bond donors (Lipinski definition) is 2. The number of ether oxygens (including phenoxy) is 2. The van der Waals surface area contributed by atoms with Gasteiger partial charge in [-0.1, -0.05) is 30.3 Å². The summed E-state index contributed by atoms with van der Waals surface area (Å²) in [5, 5.41) is 14.3. The number of carbonyl (C=O) groups is 2. The molecule has 2 aromatic heterocycles. The van der Waals surface area contributed by atoms with Gasteiger partial charge in [-0.2, -0.15) is 0 Å². The number of methoxy groups -OCH3 is 1. The van der Waals surface area contributed by atoms with Gasteiger partial charge in [0.25, 0.3) is 0 Å². The van der Waals surface area contributed by atoms with Crippen molar-refractivity contribution >= 4 is 47.1 Å². The first-order chi connectivity index (χ1) is 20.0. The molecule has 0 spiro atoms. The molecule has 13 heteroatoms. The van der Waals surface area contributed by atoms with Crippen LogP contribution in [0.4, 0.5) is 16.4 Å². The minimum atomic E-state index is -0.765. The molecule has 2 aliphatic rings. The zero-order chi connectivity index (χ0) is 31.7. The molecule has 1 atom stereocenters. The van der Waals surface area contributed by atoms with Crippen LogP contribution in [0.5, 0.6) is 0 Å². The average molecular weight is 635 g/mol. The summed E-state index contributed by atoms with van der Waals surface area (Å²) in [6, 6.07) is 1.69. The highest BCUT2D eigenvalue weighted by molar-refractivity contribution is 7.99. The molecule has 1 amide bonds. The Morgan fingerprint density at radius 1 is 1.14 bits per heavy atom. The molecule has 2 aromatic rings. The molecule has 43 heavy (non-hydrogen) atoms. The van der Waals surface area contributed by atoms with Crippen LogP contribution < -0.4 is 15.1 Å². The Morgan fingerprint density at radius 3 is 2.37 bits per heavy atom. The molecule has 2 N–H and O–H groups in total. The lowest BCUT2D eigenvalue weighted by molar-refractivity contribution is 0.00436. The fourth-order valence-corrected chi connectivity index (χ4v) is 6.25. The number of rotatable bonds is 8. The second-order valence-corrected chi connectivity index (χ2v) is 14.6. The third-order valence-corrected chi connectivity index (χ3v) is 9.77. The van der Waals surface area contributed by atoms with Crippen LogP contribution in [0.15, 0.2) is 28.4 Å². The highest BCUT2D eigenvalue weighted by Gasteiger charge is 2.40. The number of hydrogen-bond acceptors (Lipinski definition) is 11. The Bertz CT molecular complexity index is 1330. The van der Waals surface area contributed by atoms with Gasteiger partial charge in [0, 0.05) is 49.2 Å². The zero-order valence-corrected chi connectivity index (χ0v) is 27.8. The van der Waals surface area contributed by atoms with E-state index in [-0.39, 0.29) is 23.1 Å². The average Bonchev–Trinajstić information content (AvgIpc) is 2.88. The molecule has 2 saturated heterocycles. The van der Waals surface area contributed by atoms with Gasteiger partial charge in [0.2, 0.25) is 0 Å². The Balaban J connectivity index is 1.46. The maximum Gasteiger partial charge on any atom is 0.407 e. The van der Waals surface area contributed by atoms with E-state index in [0.29, 0.717) is 47.9 Å². The van der Waals surface area contributed by atoms with Crippen LogP contribution >= 0.6 is 23.4 Å². The molecule has 0 aromatic carbocycles. The lowest BCUT2D eigenvalue weighted by Crippen LogP contribution is -2.56. The van der Waals surface area contributed by atoms with Crippen molar-refractivity contribution in [3.8, 4) is 0 Å². The van der Waals surface area contributed by atoms with Crippen molar-refractivity contribution in [3.05, 3.63) is 29.2 Å². The monoisotopic (exact) mass is 634 g/mol. The summed E-state index contributed by atoms with van der Waals surface area (Å²) < 4.78 is 10.5. The van der Waals surface area contributed by atoms with E-state index in [1.165, 1.54) is 18.9 Å². The number of carbonyl (C=O) groups excluding carboxylic acids is 2. The molecule has 236 valence electrons. The van der Waals surface area contributed by atoms with Gasteiger partial charge in [-0.05, 0) is 65.9 Å². The molecule has 0 aliphatic carbocycles. The minimum absolute atomic E-state index is 0.110. The van der Waals surface area contributed by atoms with E-state index < -0.39 is 23.3 Å². The molecule has 4 rings (SSSR count). The first kappa shape index (κ1) is 33.1. The predicted molar refractivity (Wildman–Crippen MR) is 167 cm³/mol. The summed E-state index contributed by atoms with van der Waals surface area (Å²) in [6.07, 6.45) is 4.43.